The van der Waals surface area contributed by atoms with Gasteiger partial charge < -0.3 is 19.9 Å². The third-order valence-electron chi connectivity index (χ3n) is 3.39. The molecule has 1 aliphatic heterocycles. The van der Waals surface area contributed by atoms with Crippen LogP contribution < -0.4 is 10.5 Å². The number of rotatable bonds is 3. The number of likely N-dealkylation sites (N-methyl/N-ethyl adjacent to an activating group) is 1. The Morgan fingerprint density at radius 2 is 2.30 bits per heavy atom. The zero-order valence-electron chi connectivity index (χ0n) is 11.2. The van der Waals surface area contributed by atoms with Crippen molar-refractivity contribution in [2.45, 2.75) is 12.5 Å². The quantitative estimate of drug-likeness (QED) is 0.942. The van der Waals surface area contributed by atoms with Gasteiger partial charge in [0.05, 0.1) is 5.02 Å². The van der Waals surface area contributed by atoms with Gasteiger partial charge in [0.1, 0.15) is 11.9 Å². The van der Waals surface area contributed by atoms with Gasteiger partial charge in [-0.25, -0.2) is 0 Å². The number of hydrogen-bond donors (Lipinski definition) is 1. The number of nitrogens with two attached hydrogens (primary N) is 1. The van der Waals surface area contributed by atoms with Crippen molar-refractivity contribution in [2.75, 3.05) is 25.9 Å². The van der Waals surface area contributed by atoms with E-state index in [1.165, 1.54) is 0 Å². The topological polar surface area (TPSA) is 64.5 Å². The first-order chi connectivity index (χ1) is 9.61. The van der Waals surface area contributed by atoms with E-state index in [-0.39, 0.29) is 6.10 Å². The Bertz CT molecular complexity index is 614. The molecule has 0 radical (unpaired) electrons. The van der Waals surface area contributed by atoms with Gasteiger partial charge in [-0.3, -0.25) is 0 Å². The molecule has 5 nitrogen and oxygen atoms in total. The predicted octanol–water partition coefficient (Wildman–Crippen LogP) is 2.66. The van der Waals surface area contributed by atoms with E-state index in [9.17, 15) is 0 Å². The lowest BCUT2D eigenvalue weighted by molar-refractivity contribution is 0.208. The van der Waals surface area contributed by atoms with Gasteiger partial charge in [0.25, 0.3) is 0 Å². The molecule has 2 N–H and O–H groups in total. The summed E-state index contributed by atoms with van der Waals surface area (Å²) in [5, 5.41) is 4.22. The van der Waals surface area contributed by atoms with Gasteiger partial charge in [-0.1, -0.05) is 16.8 Å². The van der Waals surface area contributed by atoms with E-state index in [1.54, 1.807) is 12.1 Å². The van der Waals surface area contributed by atoms with E-state index in [4.69, 9.17) is 26.6 Å². The molecule has 1 fully saturated rings. The van der Waals surface area contributed by atoms with E-state index in [2.05, 4.69) is 17.1 Å². The fourth-order valence-corrected chi connectivity index (χ4v) is 2.57. The summed E-state index contributed by atoms with van der Waals surface area (Å²) >= 11 is 6.27. The van der Waals surface area contributed by atoms with Gasteiger partial charge >= 0.3 is 0 Å². The molecule has 6 heteroatoms. The lowest BCUT2D eigenvalue weighted by Gasteiger charge is -2.15. The van der Waals surface area contributed by atoms with Crippen molar-refractivity contribution in [3.63, 3.8) is 0 Å². The smallest absolute Gasteiger partial charge is 0.169 e. The van der Waals surface area contributed by atoms with Crippen LogP contribution in [0.1, 0.15) is 6.42 Å². The van der Waals surface area contributed by atoms with Crippen molar-refractivity contribution in [3.8, 4) is 17.1 Å². The van der Waals surface area contributed by atoms with Crippen molar-refractivity contribution < 1.29 is 9.26 Å². The normalized spacial score (nSPS) is 19.4. The van der Waals surface area contributed by atoms with Gasteiger partial charge in [0, 0.05) is 24.7 Å². The Kier molecular flexibility index (Phi) is 3.54. The monoisotopic (exact) mass is 293 g/mol. The van der Waals surface area contributed by atoms with Gasteiger partial charge in [0.15, 0.2) is 11.6 Å². The fourth-order valence-electron chi connectivity index (χ4n) is 2.34. The highest BCUT2D eigenvalue weighted by Gasteiger charge is 2.22. The van der Waals surface area contributed by atoms with Gasteiger partial charge in [0.2, 0.25) is 0 Å². The molecule has 1 unspecified atom stereocenters. The molecule has 1 aliphatic rings. The molecule has 1 saturated heterocycles. The first-order valence-corrected chi connectivity index (χ1v) is 6.87. The first kappa shape index (κ1) is 13.3. The maximum Gasteiger partial charge on any atom is 0.169 e. The second-order valence-corrected chi connectivity index (χ2v) is 5.46. The number of hydrogen-bond acceptors (Lipinski definition) is 5. The van der Waals surface area contributed by atoms with Gasteiger partial charge in [-0.05, 0) is 31.7 Å². The summed E-state index contributed by atoms with van der Waals surface area (Å²) in [4.78, 5) is 2.24. The molecule has 0 bridgehead atoms. The van der Waals surface area contributed by atoms with E-state index in [1.807, 2.05) is 12.1 Å². The highest BCUT2D eigenvalue weighted by Crippen LogP contribution is 2.32. The number of benzene rings is 1. The Balaban J connectivity index is 1.77. The van der Waals surface area contributed by atoms with Gasteiger partial charge in [-0.2, -0.15) is 0 Å². The summed E-state index contributed by atoms with van der Waals surface area (Å²) in [5.41, 5.74) is 6.37. The average Bonchev–Trinajstić information content (AvgIpc) is 3.01. The maximum atomic E-state index is 6.27. The number of ether oxygens (including phenoxy) is 1. The number of nitrogen functional groups attached to an aromatic ring is 1. The van der Waals surface area contributed by atoms with Crippen molar-refractivity contribution in [2.24, 2.45) is 0 Å². The molecule has 2 heterocycles. The van der Waals surface area contributed by atoms with Gasteiger partial charge in [-0.15, -0.1) is 0 Å². The third-order valence-corrected chi connectivity index (χ3v) is 3.68. The van der Waals surface area contributed by atoms with Crippen LogP contribution in [0.4, 0.5) is 5.82 Å². The van der Waals surface area contributed by atoms with Crippen molar-refractivity contribution >= 4 is 17.4 Å². The molecule has 106 valence electrons. The number of halogens is 1. The number of nitrogens with zero attached hydrogens (tertiary/aromatic N) is 2. The summed E-state index contributed by atoms with van der Waals surface area (Å²) in [5.74, 6) is 1.64. The van der Waals surface area contributed by atoms with Crippen LogP contribution in [0.2, 0.25) is 5.02 Å². The number of aromatic nitrogens is 1. The summed E-state index contributed by atoms with van der Waals surface area (Å²) < 4.78 is 11.0. The van der Waals surface area contributed by atoms with E-state index in [0.29, 0.717) is 22.4 Å². The van der Waals surface area contributed by atoms with E-state index >= 15 is 0 Å². The first-order valence-electron chi connectivity index (χ1n) is 6.49. The molecule has 0 aliphatic carbocycles. The molecule has 1 atom stereocenters. The standard InChI is InChI=1S/C14H16ClN3O2/c1-18-5-4-10(8-18)19-12-3-2-9(6-11(12)15)13-7-14(16)17-20-13/h2-3,6-7,10H,4-5,8H2,1H3,(H2,16,17). The lowest BCUT2D eigenvalue weighted by Crippen LogP contribution is -2.21. The minimum atomic E-state index is 0.198. The molecule has 3 rings (SSSR count). The van der Waals surface area contributed by atoms with Crippen molar-refractivity contribution in [1.82, 2.24) is 10.1 Å². The van der Waals surface area contributed by atoms with Crippen LogP contribution in [0.3, 0.4) is 0 Å². The highest BCUT2D eigenvalue weighted by molar-refractivity contribution is 6.32. The molecule has 1 aromatic heterocycles. The molecular formula is C14H16ClN3O2. The summed E-state index contributed by atoms with van der Waals surface area (Å²) in [6.07, 6.45) is 1.22. The van der Waals surface area contributed by atoms with Crippen molar-refractivity contribution in [1.29, 1.82) is 0 Å². The zero-order chi connectivity index (χ0) is 14.1. The largest absolute Gasteiger partial charge is 0.487 e. The minimum Gasteiger partial charge on any atom is -0.487 e. The van der Waals surface area contributed by atoms with Crippen LogP contribution in [0.25, 0.3) is 11.3 Å². The summed E-state index contributed by atoms with van der Waals surface area (Å²) in [7, 11) is 2.09. The molecule has 0 spiro atoms. The Morgan fingerprint density at radius 3 is 2.90 bits per heavy atom. The number of anilines is 1. The Morgan fingerprint density at radius 1 is 1.45 bits per heavy atom. The fraction of sp³-hybridized carbons (Fsp3) is 0.357. The van der Waals surface area contributed by atoms with E-state index < -0.39 is 0 Å². The predicted molar refractivity (Wildman–Crippen MR) is 77.9 cm³/mol. The highest BCUT2D eigenvalue weighted by atomic mass is 35.5. The van der Waals surface area contributed by atoms with Crippen LogP contribution in [0.5, 0.6) is 5.75 Å². The summed E-state index contributed by atoms with van der Waals surface area (Å²) in [6.45, 7) is 1.98. The summed E-state index contributed by atoms with van der Waals surface area (Å²) in [6, 6.07) is 7.21. The molecule has 20 heavy (non-hydrogen) atoms. The Labute approximate surface area is 122 Å². The van der Waals surface area contributed by atoms with Crippen LogP contribution in [0.15, 0.2) is 28.8 Å². The second-order valence-electron chi connectivity index (χ2n) is 5.05. The second kappa shape index (κ2) is 5.34. The lowest BCUT2D eigenvalue weighted by atomic mass is 10.1. The van der Waals surface area contributed by atoms with Crippen LogP contribution in [0, 0.1) is 0 Å². The van der Waals surface area contributed by atoms with Crippen LogP contribution in [-0.2, 0) is 0 Å². The maximum absolute atomic E-state index is 6.27. The van der Waals surface area contributed by atoms with Crippen molar-refractivity contribution in [3.05, 3.63) is 29.3 Å². The molecule has 1 aromatic carbocycles. The zero-order valence-corrected chi connectivity index (χ0v) is 11.9. The van der Waals surface area contributed by atoms with Crippen LogP contribution >= 0.6 is 11.6 Å². The third kappa shape index (κ3) is 2.73. The van der Waals surface area contributed by atoms with E-state index in [0.717, 1.165) is 25.1 Å². The average molecular weight is 294 g/mol. The molecule has 0 amide bonds. The SMILES string of the molecule is CN1CCC(Oc2ccc(-c3cc(N)no3)cc2Cl)C1. The number of likely N-dealkylation sites (tertiary alicyclic amines) is 1. The molecule has 2 aromatic rings. The minimum absolute atomic E-state index is 0.198. The molecule has 0 saturated carbocycles. The molecular weight excluding hydrogens is 278 g/mol. The Hall–Kier alpha value is -1.72. The van der Waals surface area contributed by atoms with Crippen LogP contribution in [-0.4, -0.2) is 36.3 Å².